The van der Waals surface area contributed by atoms with E-state index >= 15 is 0 Å². The molecular formula is C19H22N4O3. The standard InChI is InChI=1S/C19H22N4O3/c1-10-16(11(2)26-22-10)12-6-7-14-17-18(12)25-9-15(23(17)19(24)21-14)13-5-3-4-8-20-13/h3-5,8,12,14-15,17-18H,6-7,9H2,1-2H3,(H,21,24)/t12?,14?,15-,17?,18?/m1/s1. The van der Waals surface area contributed by atoms with Crippen molar-refractivity contribution in [3.8, 4) is 0 Å². The Hall–Kier alpha value is -2.41. The summed E-state index contributed by atoms with van der Waals surface area (Å²) >= 11 is 0. The molecule has 3 fully saturated rings. The van der Waals surface area contributed by atoms with Crippen LogP contribution in [0.3, 0.4) is 0 Å². The number of carbonyl (C=O) groups excluding carboxylic acids is 1. The van der Waals surface area contributed by atoms with Gasteiger partial charge in [-0.3, -0.25) is 4.98 Å². The average Bonchev–Trinajstić information content (AvgIpc) is 3.17. The Balaban J connectivity index is 1.52. The van der Waals surface area contributed by atoms with Gasteiger partial charge in [0.25, 0.3) is 0 Å². The number of ether oxygens (including phenoxy) is 1. The lowest BCUT2D eigenvalue weighted by Crippen LogP contribution is -2.58. The van der Waals surface area contributed by atoms with Crippen LogP contribution in [-0.4, -0.2) is 45.9 Å². The number of aromatic nitrogens is 2. The summed E-state index contributed by atoms with van der Waals surface area (Å²) < 4.78 is 11.8. The highest BCUT2D eigenvalue weighted by Crippen LogP contribution is 2.46. The van der Waals surface area contributed by atoms with Gasteiger partial charge in [-0.15, -0.1) is 0 Å². The zero-order chi connectivity index (χ0) is 17.8. The van der Waals surface area contributed by atoms with Crippen molar-refractivity contribution in [3.05, 3.63) is 47.1 Å². The number of urea groups is 1. The second-order valence-corrected chi connectivity index (χ2v) is 7.44. The van der Waals surface area contributed by atoms with E-state index in [4.69, 9.17) is 9.26 Å². The van der Waals surface area contributed by atoms with Crippen molar-refractivity contribution >= 4 is 6.03 Å². The number of aryl methyl sites for hydroxylation is 2. The van der Waals surface area contributed by atoms with E-state index in [1.807, 2.05) is 36.9 Å². The molecule has 2 aromatic rings. The normalized spacial score (nSPS) is 33.1. The Kier molecular flexibility index (Phi) is 3.53. The molecular weight excluding hydrogens is 332 g/mol. The first-order valence-electron chi connectivity index (χ1n) is 9.19. The molecule has 26 heavy (non-hydrogen) atoms. The second-order valence-electron chi connectivity index (χ2n) is 7.44. The molecule has 0 aromatic carbocycles. The molecule has 1 saturated carbocycles. The maximum atomic E-state index is 12.8. The minimum Gasteiger partial charge on any atom is -0.373 e. The van der Waals surface area contributed by atoms with Crippen LogP contribution in [0.15, 0.2) is 28.9 Å². The number of rotatable bonds is 2. The van der Waals surface area contributed by atoms with E-state index in [0.29, 0.717) is 6.61 Å². The molecule has 2 amide bonds. The number of morpholine rings is 1. The smallest absolute Gasteiger partial charge is 0.318 e. The molecule has 3 aliphatic rings. The molecule has 7 heteroatoms. The van der Waals surface area contributed by atoms with Gasteiger partial charge in [0.05, 0.1) is 42.2 Å². The van der Waals surface area contributed by atoms with E-state index in [-0.39, 0.29) is 36.2 Å². The molecule has 0 bridgehead atoms. The van der Waals surface area contributed by atoms with Gasteiger partial charge in [0.1, 0.15) is 5.76 Å². The monoisotopic (exact) mass is 354 g/mol. The van der Waals surface area contributed by atoms with Gasteiger partial charge in [0, 0.05) is 17.7 Å². The van der Waals surface area contributed by atoms with Crippen molar-refractivity contribution < 1.29 is 14.1 Å². The fourth-order valence-electron chi connectivity index (χ4n) is 5.01. The van der Waals surface area contributed by atoms with Gasteiger partial charge in [-0.1, -0.05) is 11.2 Å². The number of hydrogen-bond donors (Lipinski definition) is 1. The lowest BCUT2D eigenvalue weighted by atomic mass is 9.75. The number of carbonyl (C=O) groups is 1. The molecule has 2 aliphatic heterocycles. The summed E-state index contributed by atoms with van der Waals surface area (Å²) in [6.07, 6.45) is 3.60. The van der Waals surface area contributed by atoms with Crippen LogP contribution in [0.2, 0.25) is 0 Å². The van der Waals surface area contributed by atoms with Crippen LogP contribution in [0.1, 0.15) is 47.5 Å². The molecule has 7 nitrogen and oxygen atoms in total. The molecule has 0 spiro atoms. The molecule has 2 saturated heterocycles. The molecule has 4 unspecified atom stereocenters. The predicted octanol–water partition coefficient (Wildman–Crippen LogP) is 2.47. The molecule has 136 valence electrons. The lowest BCUT2D eigenvalue weighted by molar-refractivity contribution is -0.104. The fourth-order valence-corrected chi connectivity index (χ4v) is 5.01. The van der Waals surface area contributed by atoms with Gasteiger partial charge in [-0.05, 0) is 38.8 Å². The van der Waals surface area contributed by atoms with Crippen molar-refractivity contribution in [1.29, 1.82) is 0 Å². The summed E-state index contributed by atoms with van der Waals surface area (Å²) in [4.78, 5) is 19.2. The highest BCUT2D eigenvalue weighted by Gasteiger charge is 2.56. The van der Waals surface area contributed by atoms with Crippen LogP contribution in [0.5, 0.6) is 0 Å². The topological polar surface area (TPSA) is 80.5 Å². The summed E-state index contributed by atoms with van der Waals surface area (Å²) in [6.45, 7) is 4.39. The van der Waals surface area contributed by atoms with Gasteiger partial charge in [0.2, 0.25) is 0 Å². The minimum absolute atomic E-state index is 0.00991. The van der Waals surface area contributed by atoms with E-state index in [9.17, 15) is 4.79 Å². The van der Waals surface area contributed by atoms with Gasteiger partial charge in [-0.2, -0.15) is 0 Å². The zero-order valence-corrected chi connectivity index (χ0v) is 14.9. The maximum absolute atomic E-state index is 12.8. The van der Waals surface area contributed by atoms with Gasteiger partial charge in [-0.25, -0.2) is 4.79 Å². The van der Waals surface area contributed by atoms with Crippen molar-refractivity contribution in [3.63, 3.8) is 0 Å². The Bertz CT molecular complexity index is 817. The van der Waals surface area contributed by atoms with Crippen LogP contribution in [0.4, 0.5) is 4.79 Å². The van der Waals surface area contributed by atoms with Gasteiger partial charge < -0.3 is 19.5 Å². The molecule has 2 aromatic heterocycles. The zero-order valence-electron chi connectivity index (χ0n) is 14.9. The van der Waals surface area contributed by atoms with E-state index < -0.39 is 0 Å². The first kappa shape index (κ1) is 15.8. The van der Waals surface area contributed by atoms with Crippen molar-refractivity contribution in [2.75, 3.05) is 6.61 Å². The molecule has 4 heterocycles. The number of nitrogens with zero attached hydrogens (tertiary/aromatic N) is 3. The summed E-state index contributed by atoms with van der Waals surface area (Å²) in [5.41, 5.74) is 2.94. The van der Waals surface area contributed by atoms with Crippen LogP contribution >= 0.6 is 0 Å². The fraction of sp³-hybridized carbons (Fsp3) is 0.526. The number of pyridine rings is 1. The Morgan fingerprint density at radius 3 is 2.88 bits per heavy atom. The van der Waals surface area contributed by atoms with E-state index in [1.54, 1.807) is 6.20 Å². The van der Waals surface area contributed by atoms with Crippen molar-refractivity contribution in [2.24, 2.45) is 0 Å². The van der Waals surface area contributed by atoms with Crippen molar-refractivity contribution in [1.82, 2.24) is 20.4 Å². The summed E-state index contributed by atoms with van der Waals surface area (Å²) in [5.74, 6) is 1.05. The third-order valence-electron chi connectivity index (χ3n) is 6.07. The molecule has 5 atom stereocenters. The highest BCUT2D eigenvalue weighted by atomic mass is 16.5. The third-order valence-corrected chi connectivity index (χ3v) is 6.07. The second kappa shape index (κ2) is 5.81. The Morgan fingerprint density at radius 2 is 2.15 bits per heavy atom. The minimum atomic E-state index is -0.147. The SMILES string of the molecule is Cc1noc(C)c1C1CCC2NC(=O)N3C2C1OC[C@@H]3c1ccccn1. The first-order chi connectivity index (χ1) is 12.6. The number of amides is 2. The quantitative estimate of drug-likeness (QED) is 0.896. The van der Waals surface area contributed by atoms with E-state index in [2.05, 4.69) is 15.5 Å². The first-order valence-corrected chi connectivity index (χ1v) is 9.19. The third kappa shape index (κ3) is 2.19. The Labute approximate surface area is 151 Å². The van der Waals surface area contributed by atoms with Gasteiger partial charge in [0.15, 0.2) is 0 Å². The molecule has 0 radical (unpaired) electrons. The Morgan fingerprint density at radius 1 is 1.27 bits per heavy atom. The van der Waals surface area contributed by atoms with Crippen LogP contribution in [-0.2, 0) is 4.74 Å². The molecule has 1 aliphatic carbocycles. The summed E-state index contributed by atoms with van der Waals surface area (Å²) in [7, 11) is 0. The molecule has 1 N–H and O–H groups in total. The van der Waals surface area contributed by atoms with Crippen LogP contribution < -0.4 is 5.32 Å². The van der Waals surface area contributed by atoms with Crippen LogP contribution in [0, 0.1) is 13.8 Å². The van der Waals surface area contributed by atoms with E-state index in [0.717, 1.165) is 35.6 Å². The highest BCUT2D eigenvalue weighted by molar-refractivity contribution is 5.78. The van der Waals surface area contributed by atoms with Crippen molar-refractivity contribution in [2.45, 2.75) is 56.8 Å². The summed E-state index contributed by atoms with van der Waals surface area (Å²) in [6, 6.07) is 5.77. The predicted molar refractivity (Wildman–Crippen MR) is 92.6 cm³/mol. The average molecular weight is 354 g/mol. The lowest BCUT2D eigenvalue weighted by Gasteiger charge is -2.48. The number of nitrogens with one attached hydrogen (secondary N) is 1. The summed E-state index contributed by atoms with van der Waals surface area (Å²) in [5, 5.41) is 7.29. The molecule has 5 rings (SSSR count). The van der Waals surface area contributed by atoms with E-state index in [1.165, 1.54) is 0 Å². The van der Waals surface area contributed by atoms with Crippen LogP contribution in [0.25, 0.3) is 0 Å². The largest absolute Gasteiger partial charge is 0.373 e. The maximum Gasteiger partial charge on any atom is 0.318 e. The van der Waals surface area contributed by atoms with Gasteiger partial charge >= 0.3 is 6.03 Å². The number of hydrogen-bond acceptors (Lipinski definition) is 5.